The third-order valence-corrected chi connectivity index (χ3v) is 0.671. The molecular weight excluding hydrogens is 341 g/mol. The van der Waals surface area contributed by atoms with E-state index in [2.05, 4.69) is 46.9 Å². The molecule has 0 atom stereocenters. The normalized spacial score (nSPS) is 6.64. The van der Waals surface area contributed by atoms with Crippen molar-refractivity contribution in [2.45, 2.75) is 47.1 Å². The molecule has 0 saturated heterocycles. The monoisotopic (exact) mass is 369 g/mol. The molecule has 0 heterocycles. The standard InChI is InChI=1S/C5H12N.3C2H5.HN.Ta/c1-5(2,3)6-4;3*1-2;;/h1-4H3;3*1H2,2H3;1H;/q4*-1;;. The van der Waals surface area contributed by atoms with Gasteiger partial charge in [0.15, 0.2) is 0 Å². The van der Waals surface area contributed by atoms with Crippen LogP contribution in [-0.4, -0.2) is 12.6 Å². The molecule has 0 fully saturated rings. The third kappa shape index (κ3) is 135. The van der Waals surface area contributed by atoms with E-state index in [0.717, 1.165) is 0 Å². The van der Waals surface area contributed by atoms with E-state index in [9.17, 15) is 0 Å². The van der Waals surface area contributed by atoms with Crippen LogP contribution in [0.1, 0.15) is 41.5 Å². The van der Waals surface area contributed by atoms with Crippen molar-refractivity contribution >= 4 is 0 Å². The van der Waals surface area contributed by atoms with Crippen molar-refractivity contribution in [1.29, 1.82) is 3.76 Å². The summed E-state index contributed by atoms with van der Waals surface area (Å²) in [6.45, 7) is 21.2. The molecule has 0 aromatic heterocycles. The van der Waals surface area contributed by atoms with E-state index in [-0.39, 0.29) is 5.54 Å². The summed E-state index contributed by atoms with van der Waals surface area (Å²) in [5.41, 5.74) is 0.167. The van der Waals surface area contributed by atoms with Crippen LogP contribution in [0.4, 0.5) is 0 Å². The van der Waals surface area contributed by atoms with E-state index in [0.29, 0.717) is 20.9 Å². The van der Waals surface area contributed by atoms with Crippen LogP contribution in [-0.2, 0) is 20.9 Å². The van der Waals surface area contributed by atoms with Crippen molar-refractivity contribution in [3.05, 3.63) is 26.1 Å². The van der Waals surface area contributed by atoms with Crippen LogP contribution in [0.15, 0.2) is 0 Å². The van der Waals surface area contributed by atoms with Crippen molar-refractivity contribution in [3.8, 4) is 0 Å². The number of nitrogens with one attached hydrogen (secondary N) is 1. The average Bonchev–Trinajstić information content (AvgIpc) is 2.28. The molecule has 0 amide bonds. The zero-order chi connectivity index (χ0) is 13.2. The summed E-state index contributed by atoms with van der Waals surface area (Å²) in [7, 11) is 1.83. The molecular formula is C11H28N2Ta-4. The van der Waals surface area contributed by atoms with Gasteiger partial charge in [0.1, 0.15) is 0 Å². The van der Waals surface area contributed by atoms with Crippen LogP contribution in [0.2, 0.25) is 0 Å². The first-order valence-electron chi connectivity index (χ1n) is 4.52. The zero-order valence-electron chi connectivity index (χ0n) is 11.0. The molecule has 0 saturated carbocycles. The first kappa shape index (κ1) is 29.3. The van der Waals surface area contributed by atoms with Crippen LogP contribution in [0, 0.1) is 24.5 Å². The Kier molecular flexibility index (Phi) is 78.4. The summed E-state index contributed by atoms with van der Waals surface area (Å²) >= 11 is 0.694. The van der Waals surface area contributed by atoms with E-state index in [4.69, 9.17) is 3.76 Å². The molecule has 0 radical (unpaired) electrons. The Labute approximate surface area is 105 Å². The van der Waals surface area contributed by atoms with Crippen LogP contribution in [0.5, 0.6) is 0 Å². The van der Waals surface area contributed by atoms with Crippen molar-refractivity contribution in [1.82, 2.24) is 0 Å². The number of hydrogen-bond acceptors (Lipinski definition) is 1. The van der Waals surface area contributed by atoms with E-state index in [1.807, 2.05) is 7.05 Å². The Morgan fingerprint density at radius 3 is 0.929 bits per heavy atom. The molecule has 1 N–H and O–H groups in total. The van der Waals surface area contributed by atoms with Crippen LogP contribution in [0.3, 0.4) is 0 Å². The Morgan fingerprint density at radius 1 is 0.857 bits per heavy atom. The quantitative estimate of drug-likeness (QED) is 0.606. The van der Waals surface area contributed by atoms with E-state index >= 15 is 0 Å². The summed E-state index contributed by atoms with van der Waals surface area (Å²) in [5.74, 6) is 0. The second kappa shape index (κ2) is 37.5. The number of rotatable bonds is 0. The van der Waals surface area contributed by atoms with Gasteiger partial charge in [-0.15, -0.1) is 5.54 Å². The molecule has 91 valence electrons. The van der Waals surface area contributed by atoms with Gasteiger partial charge in [-0.3, -0.25) is 0 Å². The third-order valence-electron chi connectivity index (χ3n) is 0.671. The second-order valence-corrected chi connectivity index (χ2v) is 2.39. The number of hydrogen-bond donors (Lipinski definition) is 1. The Morgan fingerprint density at radius 2 is 0.929 bits per heavy atom. The van der Waals surface area contributed by atoms with Crippen LogP contribution in [0.25, 0.3) is 5.32 Å². The van der Waals surface area contributed by atoms with Gasteiger partial charge in [-0.1, -0.05) is 20.8 Å². The summed E-state index contributed by atoms with van der Waals surface area (Å²) in [6, 6.07) is 0. The fraction of sp³-hybridized carbons (Fsp3) is 0.727. The van der Waals surface area contributed by atoms with Crippen molar-refractivity contribution in [3.63, 3.8) is 0 Å². The Balaban J connectivity index is -0.0000000287. The minimum absolute atomic E-state index is 0.167. The van der Waals surface area contributed by atoms with Gasteiger partial charge < -0.3 is 26.1 Å². The van der Waals surface area contributed by atoms with Crippen LogP contribution < -0.4 is 0 Å². The van der Waals surface area contributed by atoms with Gasteiger partial charge in [-0.05, 0) is 0 Å². The minimum atomic E-state index is 0.167. The molecule has 0 aromatic rings. The fourth-order valence-corrected chi connectivity index (χ4v) is 0. The molecule has 0 aliphatic rings. The van der Waals surface area contributed by atoms with Crippen molar-refractivity contribution in [2.24, 2.45) is 0 Å². The predicted molar refractivity (Wildman–Crippen MR) is 64.8 cm³/mol. The molecule has 0 aliphatic heterocycles. The topological polar surface area (TPSA) is 38.0 Å². The molecule has 14 heavy (non-hydrogen) atoms. The molecule has 0 bridgehead atoms. The molecule has 3 heteroatoms. The molecule has 0 aromatic carbocycles. The fourth-order valence-electron chi connectivity index (χ4n) is 0. The van der Waals surface area contributed by atoms with E-state index in [1.165, 1.54) is 0 Å². The molecule has 2 nitrogen and oxygen atoms in total. The van der Waals surface area contributed by atoms with Gasteiger partial charge in [0.05, 0.1) is 0 Å². The van der Waals surface area contributed by atoms with E-state index in [1.54, 1.807) is 20.8 Å². The average molecular weight is 369 g/mol. The summed E-state index contributed by atoms with van der Waals surface area (Å²) < 4.78 is 5.86. The summed E-state index contributed by atoms with van der Waals surface area (Å²) in [5, 5.41) is 4.02. The maximum absolute atomic E-state index is 5.86. The van der Waals surface area contributed by atoms with Gasteiger partial charge in [-0.2, -0.15) is 27.8 Å². The first-order valence-corrected chi connectivity index (χ1v) is 6.12. The van der Waals surface area contributed by atoms with Gasteiger partial charge in [0, 0.05) is 0 Å². The number of nitrogens with zero attached hydrogens (tertiary/aromatic N) is 1. The Bertz CT molecular complexity index is 51.7. The van der Waals surface area contributed by atoms with Crippen molar-refractivity contribution < 1.29 is 20.9 Å². The molecule has 0 spiro atoms. The molecule has 0 aliphatic carbocycles. The molecule has 0 rings (SSSR count). The maximum atomic E-state index is 5.86. The van der Waals surface area contributed by atoms with Gasteiger partial charge in [0.2, 0.25) is 0 Å². The predicted octanol–water partition coefficient (Wildman–Crippen LogP) is 4.61. The van der Waals surface area contributed by atoms with Gasteiger partial charge in [0.25, 0.3) is 0 Å². The van der Waals surface area contributed by atoms with E-state index < -0.39 is 0 Å². The molecule has 0 unspecified atom stereocenters. The van der Waals surface area contributed by atoms with Crippen LogP contribution >= 0.6 is 0 Å². The zero-order valence-corrected chi connectivity index (χ0v) is 14.2. The summed E-state index contributed by atoms with van der Waals surface area (Å²) in [6.07, 6.45) is 0. The van der Waals surface area contributed by atoms with Gasteiger partial charge in [-0.25, -0.2) is 0 Å². The Hall–Kier alpha value is 0.500. The van der Waals surface area contributed by atoms with Gasteiger partial charge >= 0.3 is 24.6 Å². The SMILES string of the molecule is C[N-]C(C)(C)C.[CH2-]C.[CH2-]C.[CH2-]C.[NH]=[Ta]. The van der Waals surface area contributed by atoms with Crippen molar-refractivity contribution in [2.75, 3.05) is 7.05 Å². The second-order valence-electron chi connectivity index (χ2n) is 2.39. The first-order chi connectivity index (χ1) is 6.56. The summed E-state index contributed by atoms with van der Waals surface area (Å²) in [4.78, 5) is 0.